The van der Waals surface area contributed by atoms with Gasteiger partial charge in [-0.1, -0.05) is 12.1 Å². The largest absolute Gasteiger partial charge is 0.353 e. The highest BCUT2D eigenvalue weighted by Crippen LogP contribution is 2.35. The second-order valence-electron chi connectivity index (χ2n) is 8.69. The minimum Gasteiger partial charge on any atom is -0.353 e. The van der Waals surface area contributed by atoms with Crippen molar-refractivity contribution in [1.82, 2.24) is 25.3 Å². The van der Waals surface area contributed by atoms with E-state index in [9.17, 15) is 9.59 Å². The maximum atomic E-state index is 15.0. The van der Waals surface area contributed by atoms with Gasteiger partial charge in [0.1, 0.15) is 5.82 Å². The number of carbonyl (C=O) groups is 2. The Labute approximate surface area is 185 Å². The van der Waals surface area contributed by atoms with Gasteiger partial charge in [-0.2, -0.15) is 5.10 Å². The third-order valence-electron chi connectivity index (χ3n) is 6.55. The van der Waals surface area contributed by atoms with Gasteiger partial charge in [-0.15, -0.1) is 0 Å². The van der Waals surface area contributed by atoms with Crippen LogP contribution in [0.15, 0.2) is 36.4 Å². The molecule has 1 saturated carbocycles. The molecular weight excluding hydrogens is 409 g/mol. The summed E-state index contributed by atoms with van der Waals surface area (Å²) in [5.41, 5.74) is 3.08. The Balaban J connectivity index is 1.37. The van der Waals surface area contributed by atoms with Crippen molar-refractivity contribution in [3.63, 3.8) is 0 Å². The van der Waals surface area contributed by atoms with Crippen molar-refractivity contribution in [3.05, 3.63) is 53.5 Å². The molecule has 7 nitrogen and oxygen atoms in total. The summed E-state index contributed by atoms with van der Waals surface area (Å²) in [6.45, 7) is 3.58. The van der Waals surface area contributed by atoms with Crippen LogP contribution in [0.5, 0.6) is 0 Å². The summed E-state index contributed by atoms with van der Waals surface area (Å²) in [5.74, 6) is -0.926. The highest BCUT2D eigenvalue weighted by molar-refractivity contribution is 5.95. The number of hydrogen-bond donors (Lipinski definition) is 2. The number of carbonyl (C=O) groups excluding carboxylic acids is 2. The van der Waals surface area contributed by atoms with Crippen molar-refractivity contribution in [1.29, 1.82) is 0 Å². The lowest BCUT2D eigenvalue weighted by molar-refractivity contribution is -0.124. The molecule has 0 bridgehead atoms. The number of aromatic nitrogens is 2. The Morgan fingerprint density at radius 2 is 1.81 bits per heavy atom. The summed E-state index contributed by atoms with van der Waals surface area (Å²) in [5, 5.41) is 11.6. The van der Waals surface area contributed by atoms with Crippen molar-refractivity contribution in [2.45, 2.75) is 25.3 Å². The van der Waals surface area contributed by atoms with Crippen LogP contribution in [-0.2, 0) is 11.8 Å². The van der Waals surface area contributed by atoms with E-state index >= 15 is 4.39 Å². The van der Waals surface area contributed by atoms with Gasteiger partial charge in [0.15, 0.2) is 0 Å². The molecule has 0 radical (unpaired) electrons. The first-order valence-electron chi connectivity index (χ1n) is 10.9. The van der Waals surface area contributed by atoms with Crippen LogP contribution in [0, 0.1) is 12.7 Å². The highest BCUT2D eigenvalue weighted by Gasteiger charge is 2.49. The lowest BCUT2D eigenvalue weighted by atomic mass is 10.0. The minimum atomic E-state index is -0.550. The number of amides is 2. The van der Waals surface area contributed by atoms with Crippen LogP contribution < -0.4 is 10.6 Å². The second-order valence-corrected chi connectivity index (χ2v) is 8.69. The molecule has 2 fully saturated rings. The fraction of sp³-hybridized carbons (Fsp3) is 0.375. The average molecular weight is 436 g/mol. The van der Waals surface area contributed by atoms with E-state index in [4.69, 9.17) is 0 Å². The summed E-state index contributed by atoms with van der Waals surface area (Å²) in [6, 6.07) is 10.6. The van der Waals surface area contributed by atoms with Crippen LogP contribution in [-0.4, -0.2) is 58.2 Å². The van der Waals surface area contributed by atoms with E-state index in [0.29, 0.717) is 31.7 Å². The summed E-state index contributed by atoms with van der Waals surface area (Å²) in [6.07, 6.45) is 1.63. The number of fused-ring (bicyclic) bond motifs is 1. The molecule has 1 saturated heterocycles. The molecule has 2 aromatic carbocycles. The summed E-state index contributed by atoms with van der Waals surface area (Å²) >= 11 is 0. The first-order valence-corrected chi connectivity index (χ1v) is 10.9. The number of halogens is 1. The van der Waals surface area contributed by atoms with Crippen LogP contribution in [0.1, 0.15) is 28.9 Å². The van der Waals surface area contributed by atoms with E-state index in [-0.39, 0.29) is 17.4 Å². The topological polar surface area (TPSA) is 79.3 Å². The molecule has 8 heteroatoms. The van der Waals surface area contributed by atoms with Crippen LogP contribution >= 0.6 is 0 Å². The Hall–Kier alpha value is -3.26. The Morgan fingerprint density at radius 3 is 2.56 bits per heavy atom. The van der Waals surface area contributed by atoms with Gasteiger partial charge in [-0.3, -0.25) is 14.3 Å². The second kappa shape index (κ2) is 7.70. The number of benzene rings is 2. The van der Waals surface area contributed by atoms with Crippen LogP contribution in [0.2, 0.25) is 0 Å². The molecule has 2 N–H and O–H groups in total. The van der Waals surface area contributed by atoms with Crippen molar-refractivity contribution in [3.8, 4) is 11.1 Å². The zero-order chi connectivity index (χ0) is 22.5. The molecule has 0 atom stereocenters. The highest BCUT2D eigenvalue weighted by atomic mass is 19.1. The predicted octanol–water partition coefficient (Wildman–Crippen LogP) is 2.38. The molecule has 1 aromatic heterocycles. The molecule has 0 unspecified atom stereocenters. The summed E-state index contributed by atoms with van der Waals surface area (Å²) in [7, 11) is 1.90. The van der Waals surface area contributed by atoms with Crippen LogP contribution in [0.4, 0.5) is 4.39 Å². The molecule has 166 valence electrons. The van der Waals surface area contributed by atoms with Gasteiger partial charge in [0.2, 0.25) is 5.91 Å². The molecule has 2 amide bonds. The Kier molecular flexibility index (Phi) is 4.97. The first-order chi connectivity index (χ1) is 15.4. The van der Waals surface area contributed by atoms with E-state index in [0.717, 1.165) is 35.0 Å². The first kappa shape index (κ1) is 20.6. The third-order valence-corrected chi connectivity index (χ3v) is 6.55. The lowest BCUT2D eigenvalue weighted by Gasteiger charge is -2.22. The molecule has 3 aromatic rings. The maximum absolute atomic E-state index is 15.0. The van der Waals surface area contributed by atoms with E-state index in [1.165, 1.54) is 6.07 Å². The fourth-order valence-corrected chi connectivity index (χ4v) is 4.49. The van der Waals surface area contributed by atoms with Crippen LogP contribution in [0.3, 0.4) is 0 Å². The fourth-order valence-electron chi connectivity index (χ4n) is 4.49. The van der Waals surface area contributed by atoms with Gasteiger partial charge in [0.05, 0.1) is 22.3 Å². The van der Waals surface area contributed by atoms with Crippen molar-refractivity contribution < 1.29 is 14.0 Å². The number of nitrogens with one attached hydrogen (secondary N) is 2. The average Bonchev–Trinajstić information content (AvgIpc) is 3.50. The monoisotopic (exact) mass is 435 g/mol. The normalized spacial score (nSPS) is 18.2. The third kappa shape index (κ3) is 3.54. The quantitative estimate of drug-likeness (QED) is 0.648. The van der Waals surface area contributed by atoms with Crippen molar-refractivity contribution >= 4 is 22.7 Å². The van der Waals surface area contributed by atoms with Gasteiger partial charge in [0.25, 0.3) is 5.91 Å². The molecule has 2 heterocycles. The van der Waals surface area contributed by atoms with Crippen molar-refractivity contribution in [2.75, 3.05) is 26.2 Å². The molecule has 1 spiro atoms. The predicted molar refractivity (Wildman–Crippen MR) is 120 cm³/mol. The zero-order valence-corrected chi connectivity index (χ0v) is 18.2. The van der Waals surface area contributed by atoms with Crippen LogP contribution in [0.25, 0.3) is 22.0 Å². The molecule has 2 aliphatic rings. The number of hydrogen-bond acceptors (Lipinski definition) is 4. The smallest absolute Gasteiger partial charge is 0.256 e. The number of aryl methyl sites for hydroxylation is 2. The lowest BCUT2D eigenvalue weighted by Crippen LogP contribution is -2.46. The van der Waals surface area contributed by atoms with Gasteiger partial charge in [-0.25, -0.2) is 4.39 Å². The molecule has 1 aliphatic heterocycles. The summed E-state index contributed by atoms with van der Waals surface area (Å²) in [4.78, 5) is 26.9. The van der Waals surface area contributed by atoms with E-state index in [2.05, 4.69) is 15.7 Å². The SMILES string of the molecule is Cc1nn(C)c2ccc(-c3ccc(C(=O)N4CCNC(=O)C5(CC5)NCC4)c(F)c3)cc12. The van der Waals surface area contributed by atoms with Gasteiger partial charge < -0.3 is 15.5 Å². The molecule has 32 heavy (non-hydrogen) atoms. The number of rotatable bonds is 2. The number of nitrogens with zero attached hydrogens (tertiary/aromatic N) is 3. The van der Waals surface area contributed by atoms with Crippen molar-refractivity contribution in [2.24, 2.45) is 7.05 Å². The zero-order valence-electron chi connectivity index (χ0n) is 18.2. The summed E-state index contributed by atoms with van der Waals surface area (Å²) < 4.78 is 16.9. The van der Waals surface area contributed by atoms with Gasteiger partial charge in [-0.05, 0) is 55.2 Å². The van der Waals surface area contributed by atoms with E-state index in [1.54, 1.807) is 17.0 Å². The Morgan fingerprint density at radius 1 is 1.09 bits per heavy atom. The van der Waals surface area contributed by atoms with E-state index < -0.39 is 11.4 Å². The van der Waals surface area contributed by atoms with Gasteiger partial charge >= 0.3 is 0 Å². The molecule has 1 aliphatic carbocycles. The Bertz CT molecular complexity index is 1230. The van der Waals surface area contributed by atoms with E-state index in [1.807, 2.05) is 36.9 Å². The van der Waals surface area contributed by atoms with Gasteiger partial charge in [0, 0.05) is 38.6 Å². The molecular formula is C24H26FN5O2. The standard InChI is InChI=1S/C24H26FN5O2/c1-15-19-13-16(4-6-21(19)29(2)28-15)17-3-5-18(20(25)14-17)22(31)30-11-9-26-23(32)24(7-8-24)27-10-12-30/h3-6,13-14,27H,7-12H2,1-2H3,(H,26,32). The maximum Gasteiger partial charge on any atom is 0.256 e. The molecule has 5 rings (SSSR count). The minimum absolute atomic E-state index is 0.0110.